The zero-order valence-electron chi connectivity index (χ0n) is 13.4. The van der Waals surface area contributed by atoms with E-state index in [0.29, 0.717) is 30.9 Å². The van der Waals surface area contributed by atoms with E-state index in [1.54, 1.807) is 6.07 Å². The predicted molar refractivity (Wildman–Crippen MR) is 84.7 cm³/mol. The first-order valence-corrected chi connectivity index (χ1v) is 8.44. The number of ketones is 1. The Hall–Kier alpha value is -1.43. The van der Waals surface area contributed by atoms with Crippen molar-refractivity contribution in [1.82, 2.24) is 0 Å². The summed E-state index contributed by atoms with van der Waals surface area (Å²) >= 11 is 0. The number of rotatable bonds is 7. The molecule has 126 valence electrons. The number of ether oxygens (including phenoxy) is 3. The van der Waals surface area contributed by atoms with Crippen molar-refractivity contribution in [2.24, 2.45) is 0 Å². The topological polar surface area (TPSA) is 65.0 Å². The second kappa shape index (κ2) is 7.90. The molecule has 1 N–H and O–H groups in total. The van der Waals surface area contributed by atoms with Gasteiger partial charge in [-0.25, -0.2) is 0 Å². The smallest absolute Gasteiger partial charge is 0.163 e. The van der Waals surface area contributed by atoms with Gasteiger partial charge in [-0.15, -0.1) is 0 Å². The van der Waals surface area contributed by atoms with Gasteiger partial charge in [0.15, 0.2) is 12.1 Å². The van der Waals surface area contributed by atoms with E-state index in [4.69, 9.17) is 14.2 Å². The van der Waals surface area contributed by atoms with Crippen LogP contribution in [0.3, 0.4) is 0 Å². The first kappa shape index (κ1) is 16.4. The van der Waals surface area contributed by atoms with Crippen LogP contribution in [0.25, 0.3) is 0 Å². The van der Waals surface area contributed by atoms with E-state index >= 15 is 0 Å². The van der Waals surface area contributed by atoms with Gasteiger partial charge in [0.2, 0.25) is 0 Å². The first-order chi connectivity index (χ1) is 11.3. The standard InChI is InChI=1S/C18H24O5/c19-12-14-10-15-13(5-6-16(15)20)11-17(14)21-8-3-9-23-18-4-1-2-7-22-18/h10-11,18-19H,1-9,12H2. The van der Waals surface area contributed by atoms with Crippen LogP contribution >= 0.6 is 0 Å². The van der Waals surface area contributed by atoms with Crippen molar-refractivity contribution in [3.8, 4) is 5.75 Å². The molecule has 23 heavy (non-hydrogen) atoms. The summed E-state index contributed by atoms with van der Waals surface area (Å²) in [6.45, 7) is 1.78. The molecule has 0 amide bonds. The largest absolute Gasteiger partial charge is 0.493 e. The molecule has 1 atom stereocenters. The molecule has 5 heteroatoms. The Morgan fingerprint density at radius 2 is 2.13 bits per heavy atom. The molecule has 1 aliphatic carbocycles. The van der Waals surface area contributed by atoms with Crippen LogP contribution in [0.15, 0.2) is 12.1 Å². The number of benzene rings is 1. The molecule has 2 aliphatic rings. The van der Waals surface area contributed by atoms with Crippen LogP contribution in [0, 0.1) is 0 Å². The number of carbonyl (C=O) groups is 1. The minimum absolute atomic E-state index is 0.0669. The molecule has 0 aromatic heterocycles. The minimum atomic E-state index is -0.123. The molecular formula is C18H24O5. The highest BCUT2D eigenvalue weighted by Gasteiger charge is 2.22. The lowest BCUT2D eigenvalue weighted by Gasteiger charge is -2.22. The SMILES string of the molecule is O=C1CCc2cc(OCCCOC3CCCCO3)c(CO)cc21. The van der Waals surface area contributed by atoms with Crippen molar-refractivity contribution in [3.63, 3.8) is 0 Å². The number of aryl methyl sites for hydroxylation is 1. The monoisotopic (exact) mass is 320 g/mol. The van der Waals surface area contributed by atoms with Crippen LogP contribution in [-0.4, -0.2) is 37.0 Å². The summed E-state index contributed by atoms with van der Waals surface area (Å²) in [6, 6.07) is 3.67. The summed E-state index contributed by atoms with van der Waals surface area (Å²) in [5.41, 5.74) is 2.43. The van der Waals surface area contributed by atoms with Gasteiger partial charge in [0.05, 0.1) is 19.8 Å². The lowest BCUT2D eigenvalue weighted by Crippen LogP contribution is -2.23. The molecule has 0 spiro atoms. The average molecular weight is 320 g/mol. The number of hydrogen-bond donors (Lipinski definition) is 1. The molecule has 1 aliphatic heterocycles. The second-order valence-electron chi connectivity index (χ2n) is 6.07. The van der Waals surface area contributed by atoms with Crippen LogP contribution in [0.5, 0.6) is 5.75 Å². The van der Waals surface area contributed by atoms with Gasteiger partial charge in [-0.05, 0) is 43.4 Å². The highest BCUT2D eigenvalue weighted by Crippen LogP contribution is 2.30. The fourth-order valence-electron chi connectivity index (χ4n) is 3.07. The van der Waals surface area contributed by atoms with Crippen LogP contribution in [0.4, 0.5) is 0 Å². The van der Waals surface area contributed by atoms with Crippen molar-refractivity contribution >= 4 is 5.78 Å². The van der Waals surface area contributed by atoms with E-state index in [0.717, 1.165) is 49.8 Å². The van der Waals surface area contributed by atoms with Gasteiger partial charge in [0, 0.05) is 30.6 Å². The molecule has 1 aromatic carbocycles. The maximum absolute atomic E-state index is 11.7. The van der Waals surface area contributed by atoms with E-state index in [-0.39, 0.29) is 18.7 Å². The van der Waals surface area contributed by atoms with Crippen molar-refractivity contribution in [3.05, 3.63) is 28.8 Å². The molecular weight excluding hydrogens is 296 g/mol. The van der Waals surface area contributed by atoms with E-state index in [2.05, 4.69) is 0 Å². The maximum Gasteiger partial charge on any atom is 0.163 e. The quantitative estimate of drug-likeness (QED) is 0.782. The fraction of sp³-hybridized carbons (Fsp3) is 0.611. The predicted octanol–water partition coefficient (Wildman–Crippen LogP) is 2.62. The normalized spacial score (nSPS) is 20.6. The molecule has 1 aromatic rings. The minimum Gasteiger partial charge on any atom is -0.493 e. The summed E-state index contributed by atoms with van der Waals surface area (Å²) in [7, 11) is 0. The van der Waals surface area contributed by atoms with Crippen LogP contribution in [0.1, 0.15) is 53.6 Å². The lowest BCUT2D eigenvalue weighted by molar-refractivity contribution is -0.163. The molecule has 3 rings (SSSR count). The maximum atomic E-state index is 11.7. The van der Waals surface area contributed by atoms with Gasteiger partial charge < -0.3 is 19.3 Å². The highest BCUT2D eigenvalue weighted by molar-refractivity contribution is 6.00. The number of hydrogen-bond acceptors (Lipinski definition) is 5. The van der Waals surface area contributed by atoms with Gasteiger partial charge >= 0.3 is 0 Å². The third-order valence-electron chi connectivity index (χ3n) is 4.37. The Balaban J connectivity index is 1.47. The van der Waals surface area contributed by atoms with Gasteiger partial charge in [-0.1, -0.05) is 0 Å². The highest BCUT2D eigenvalue weighted by atomic mass is 16.7. The van der Waals surface area contributed by atoms with Gasteiger partial charge in [0.1, 0.15) is 5.75 Å². The molecule has 1 saturated heterocycles. The number of aliphatic hydroxyl groups excluding tert-OH is 1. The van der Waals surface area contributed by atoms with E-state index in [9.17, 15) is 9.90 Å². The first-order valence-electron chi connectivity index (χ1n) is 8.44. The molecule has 1 fully saturated rings. The molecule has 1 heterocycles. The summed E-state index contributed by atoms with van der Waals surface area (Å²) in [6.07, 6.45) is 5.26. The Bertz CT molecular complexity index is 549. The molecule has 1 unspecified atom stereocenters. The third-order valence-corrected chi connectivity index (χ3v) is 4.37. The Kier molecular flexibility index (Phi) is 5.65. The van der Waals surface area contributed by atoms with Crippen molar-refractivity contribution in [1.29, 1.82) is 0 Å². The van der Waals surface area contributed by atoms with Crippen molar-refractivity contribution in [2.75, 3.05) is 19.8 Å². The van der Waals surface area contributed by atoms with Crippen LogP contribution in [0.2, 0.25) is 0 Å². The zero-order valence-corrected chi connectivity index (χ0v) is 13.4. The van der Waals surface area contributed by atoms with E-state index in [1.165, 1.54) is 0 Å². The fourth-order valence-corrected chi connectivity index (χ4v) is 3.07. The zero-order chi connectivity index (χ0) is 16.1. The van der Waals surface area contributed by atoms with E-state index in [1.807, 2.05) is 6.07 Å². The van der Waals surface area contributed by atoms with Crippen molar-refractivity contribution in [2.45, 2.75) is 51.4 Å². The van der Waals surface area contributed by atoms with Crippen LogP contribution in [-0.2, 0) is 22.5 Å². The molecule has 0 radical (unpaired) electrons. The number of carbonyl (C=O) groups excluding carboxylic acids is 1. The molecule has 0 saturated carbocycles. The number of fused-ring (bicyclic) bond motifs is 1. The molecule has 0 bridgehead atoms. The Morgan fingerprint density at radius 1 is 1.22 bits per heavy atom. The Labute approximate surface area is 136 Å². The Morgan fingerprint density at radius 3 is 2.91 bits per heavy atom. The third kappa shape index (κ3) is 4.10. The van der Waals surface area contributed by atoms with Crippen molar-refractivity contribution < 1.29 is 24.1 Å². The summed E-state index contributed by atoms with van der Waals surface area (Å²) in [5.74, 6) is 0.831. The van der Waals surface area contributed by atoms with Gasteiger partial charge in [-0.3, -0.25) is 4.79 Å². The summed E-state index contributed by atoms with van der Waals surface area (Å²) in [5, 5.41) is 9.48. The average Bonchev–Trinajstić information content (AvgIpc) is 2.95. The number of Topliss-reactive ketones (excluding diaryl/α,β-unsaturated/α-hetero) is 1. The lowest BCUT2D eigenvalue weighted by atomic mass is 10.1. The van der Waals surface area contributed by atoms with Crippen LogP contribution < -0.4 is 4.74 Å². The van der Waals surface area contributed by atoms with Gasteiger partial charge in [0.25, 0.3) is 0 Å². The van der Waals surface area contributed by atoms with Gasteiger partial charge in [-0.2, -0.15) is 0 Å². The second-order valence-corrected chi connectivity index (χ2v) is 6.07. The van der Waals surface area contributed by atoms with E-state index < -0.39 is 0 Å². The number of aliphatic hydroxyl groups is 1. The summed E-state index contributed by atoms with van der Waals surface area (Å²) in [4.78, 5) is 11.7. The molecule has 5 nitrogen and oxygen atoms in total. The summed E-state index contributed by atoms with van der Waals surface area (Å²) < 4.78 is 17.0.